The molecular weight excluding hydrogens is 412 g/mol. The Morgan fingerprint density at radius 1 is 1.41 bits per heavy atom. The lowest BCUT2D eigenvalue weighted by Crippen LogP contribution is -2.37. The predicted octanol–water partition coefficient (Wildman–Crippen LogP) is 2.02. The second-order valence-corrected chi connectivity index (χ2v) is 8.47. The van der Waals surface area contributed by atoms with E-state index in [1.165, 1.54) is 11.8 Å². The van der Waals surface area contributed by atoms with Gasteiger partial charge in [0.05, 0.1) is 10.7 Å². The second kappa shape index (κ2) is 8.78. The quantitative estimate of drug-likeness (QED) is 0.482. The Labute approximate surface area is 175 Å². The third kappa shape index (κ3) is 5.04. The number of nitrogens with one attached hydrogen (secondary N) is 2. The first kappa shape index (κ1) is 19.6. The van der Waals surface area contributed by atoms with Crippen LogP contribution in [-0.2, 0) is 9.59 Å². The van der Waals surface area contributed by atoms with Crippen LogP contribution in [0.1, 0.15) is 30.1 Å². The molecule has 4 rings (SSSR count). The van der Waals surface area contributed by atoms with E-state index in [9.17, 15) is 14.4 Å². The normalized spacial score (nSPS) is 17.9. The molecule has 1 saturated carbocycles. The highest BCUT2D eigenvalue weighted by atomic mass is 32.2. The van der Waals surface area contributed by atoms with Crippen molar-refractivity contribution in [2.24, 2.45) is 0 Å². The molecule has 150 valence electrons. The average molecular weight is 431 g/mol. The Bertz CT molecular complexity index is 958. The lowest BCUT2D eigenvalue weighted by atomic mass is 10.2. The topological polar surface area (TPSA) is 121 Å². The van der Waals surface area contributed by atoms with E-state index < -0.39 is 0 Å². The molecule has 29 heavy (non-hydrogen) atoms. The highest BCUT2D eigenvalue weighted by molar-refractivity contribution is 8.18. The van der Waals surface area contributed by atoms with Gasteiger partial charge in [0, 0.05) is 31.4 Å². The third-order valence-corrected chi connectivity index (χ3v) is 6.05. The fourth-order valence-electron chi connectivity index (χ4n) is 2.66. The van der Waals surface area contributed by atoms with Crippen molar-refractivity contribution in [3.63, 3.8) is 0 Å². The number of nitrogens with zero attached hydrogens (tertiary/aromatic N) is 4. The fraction of sp³-hybridized carbons (Fsp3) is 0.333. The number of amides is 3. The van der Waals surface area contributed by atoms with Crippen LogP contribution in [0.25, 0.3) is 6.08 Å². The van der Waals surface area contributed by atoms with E-state index in [4.69, 9.17) is 0 Å². The first-order chi connectivity index (χ1) is 14.1. The van der Waals surface area contributed by atoms with Gasteiger partial charge in [-0.1, -0.05) is 17.8 Å². The van der Waals surface area contributed by atoms with Crippen molar-refractivity contribution >= 4 is 46.7 Å². The second-order valence-electron chi connectivity index (χ2n) is 6.54. The molecule has 1 aliphatic heterocycles. The first-order valence-corrected chi connectivity index (χ1v) is 10.9. The molecule has 11 heteroatoms. The van der Waals surface area contributed by atoms with Crippen LogP contribution >= 0.6 is 23.5 Å². The van der Waals surface area contributed by atoms with Gasteiger partial charge in [-0.05, 0) is 42.3 Å². The van der Waals surface area contributed by atoms with Gasteiger partial charge in [0.25, 0.3) is 11.1 Å². The lowest BCUT2D eigenvalue weighted by Gasteiger charge is -2.12. The number of thioether (sulfide) groups is 2. The summed E-state index contributed by atoms with van der Waals surface area (Å²) >= 11 is 2.13. The average Bonchev–Trinajstić information content (AvgIpc) is 3.41. The minimum atomic E-state index is -0.360. The molecule has 0 atom stereocenters. The molecule has 3 amide bonds. The Balaban J connectivity index is 1.22. The molecule has 0 radical (unpaired) electrons. The summed E-state index contributed by atoms with van der Waals surface area (Å²) in [6.07, 6.45) is 7.15. The first-order valence-electron chi connectivity index (χ1n) is 9.07. The van der Waals surface area contributed by atoms with Crippen molar-refractivity contribution in [1.29, 1.82) is 0 Å². The van der Waals surface area contributed by atoms with Crippen LogP contribution in [0.4, 0.5) is 4.79 Å². The summed E-state index contributed by atoms with van der Waals surface area (Å²) in [5.41, 5.74) is 0.750. The maximum Gasteiger partial charge on any atom is 0.293 e. The minimum absolute atomic E-state index is 0.123. The lowest BCUT2D eigenvalue weighted by molar-refractivity contribution is -0.123. The molecule has 1 saturated heterocycles. The van der Waals surface area contributed by atoms with Gasteiger partial charge in [-0.3, -0.25) is 29.4 Å². The smallest absolute Gasteiger partial charge is 0.293 e. The van der Waals surface area contributed by atoms with Gasteiger partial charge in [-0.2, -0.15) is 0 Å². The molecule has 2 fully saturated rings. The van der Waals surface area contributed by atoms with Crippen molar-refractivity contribution in [2.75, 3.05) is 18.8 Å². The van der Waals surface area contributed by atoms with Crippen molar-refractivity contribution < 1.29 is 14.4 Å². The van der Waals surface area contributed by atoms with Crippen LogP contribution in [0.15, 0.2) is 34.6 Å². The summed E-state index contributed by atoms with van der Waals surface area (Å²) in [7, 11) is 0. The van der Waals surface area contributed by atoms with Gasteiger partial charge in [0.2, 0.25) is 11.1 Å². The van der Waals surface area contributed by atoms with E-state index in [-0.39, 0.29) is 35.9 Å². The summed E-state index contributed by atoms with van der Waals surface area (Å²) < 4.78 is 0. The van der Waals surface area contributed by atoms with Crippen molar-refractivity contribution in [3.05, 3.63) is 40.8 Å². The number of carbonyl (C=O) groups is 3. The molecule has 2 aromatic rings. The zero-order valence-corrected chi connectivity index (χ0v) is 17.0. The molecule has 2 N–H and O–H groups in total. The SMILES string of the molecule is O=C(CSc1n[nH]c(C2CC2)n1)NCCN1C(=O)S/C(=C\c2cccnc2)C1=O. The molecule has 0 spiro atoms. The van der Waals surface area contributed by atoms with E-state index in [0.717, 1.165) is 40.9 Å². The number of hydrogen-bond acceptors (Lipinski definition) is 8. The number of H-pyrrole nitrogens is 1. The molecule has 0 aromatic carbocycles. The van der Waals surface area contributed by atoms with Gasteiger partial charge >= 0.3 is 0 Å². The number of carbonyl (C=O) groups excluding carboxylic acids is 3. The van der Waals surface area contributed by atoms with Crippen LogP contribution in [0, 0.1) is 0 Å². The summed E-state index contributed by atoms with van der Waals surface area (Å²) in [5.74, 6) is 0.972. The van der Waals surface area contributed by atoms with E-state index >= 15 is 0 Å². The zero-order valence-electron chi connectivity index (χ0n) is 15.3. The van der Waals surface area contributed by atoms with Gasteiger partial charge < -0.3 is 5.32 Å². The number of pyridine rings is 1. The van der Waals surface area contributed by atoms with Gasteiger partial charge in [0.1, 0.15) is 5.82 Å². The Morgan fingerprint density at radius 3 is 3.03 bits per heavy atom. The summed E-state index contributed by atoms with van der Waals surface area (Å²) in [4.78, 5) is 46.4. The maximum atomic E-state index is 12.4. The number of rotatable bonds is 8. The number of hydrogen-bond donors (Lipinski definition) is 2. The molecule has 0 unspecified atom stereocenters. The highest BCUT2D eigenvalue weighted by Crippen LogP contribution is 2.38. The molecule has 2 aliphatic rings. The Morgan fingerprint density at radius 2 is 2.28 bits per heavy atom. The van der Waals surface area contributed by atoms with Gasteiger partial charge in [-0.15, -0.1) is 5.10 Å². The summed E-state index contributed by atoms with van der Waals surface area (Å²) in [6, 6.07) is 3.57. The van der Waals surface area contributed by atoms with Gasteiger partial charge in [-0.25, -0.2) is 4.98 Å². The highest BCUT2D eigenvalue weighted by Gasteiger charge is 2.34. The summed E-state index contributed by atoms with van der Waals surface area (Å²) in [5, 5.41) is 9.91. The van der Waals surface area contributed by atoms with E-state index in [2.05, 4.69) is 25.5 Å². The molecule has 9 nitrogen and oxygen atoms in total. The van der Waals surface area contributed by atoms with Crippen LogP contribution in [0.2, 0.25) is 0 Å². The van der Waals surface area contributed by atoms with Crippen LogP contribution in [0.3, 0.4) is 0 Å². The largest absolute Gasteiger partial charge is 0.354 e. The Kier molecular flexibility index (Phi) is 5.95. The number of aromatic amines is 1. The molecule has 1 aliphatic carbocycles. The standard InChI is InChI=1S/C18H18N6O3S2/c25-14(10-28-17-21-15(22-23-17)12-3-4-12)20-6-7-24-16(26)13(29-18(24)27)8-11-2-1-5-19-9-11/h1-2,5,8-9,12H,3-4,6-7,10H2,(H,20,25)(H,21,22,23)/b13-8-. The number of aromatic nitrogens is 4. The van der Waals surface area contributed by atoms with Crippen molar-refractivity contribution in [3.8, 4) is 0 Å². The zero-order chi connectivity index (χ0) is 20.2. The fourth-order valence-corrected chi connectivity index (χ4v) is 4.16. The van der Waals surface area contributed by atoms with E-state index in [0.29, 0.717) is 16.0 Å². The summed E-state index contributed by atoms with van der Waals surface area (Å²) in [6.45, 7) is 0.316. The van der Waals surface area contributed by atoms with Crippen LogP contribution in [-0.4, -0.2) is 61.0 Å². The minimum Gasteiger partial charge on any atom is -0.354 e. The maximum absolute atomic E-state index is 12.4. The van der Waals surface area contributed by atoms with Gasteiger partial charge in [0.15, 0.2) is 0 Å². The molecule has 2 aromatic heterocycles. The molecular formula is C18H18N6O3S2. The van der Waals surface area contributed by atoms with E-state index in [1.807, 2.05) is 0 Å². The number of imide groups is 1. The van der Waals surface area contributed by atoms with Crippen LogP contribution < -0.4 is 5.32 Å². The molecule has 3 heterocycles. The third-order valence-electron chi connectivity index (χ3n) is 4.29. The Hall–Kier alpha value is -2.66. The van der Waals surface area contributed by atoms with E-state index in [1.54, 1.807) is 30.6 Å². The van der Waals surface area contributed by atoms with Crippen LogP contribution in [0.5, 0.6) is 0 Å². The van der Waals surface area contributed by atoms with Crippen molar-refractivity contribution in [2.45, 2.75) is 23.9 Å². The molecule has 0 bridgehead atoms. The monoisotopic (exact) mass is 430 g/mol. The predicted molar refractivity (Wildman–Crippen MR) is 109 cm³/mol. The van der Waals surface area contributed by atoms with Crippen molar-refractivity contribution in [1.82, 2.24) is 30.4 Å².